The van der Waals surface area contributed by atoms with Gasteiger partial charge in [0, 0.05) is 0 Å². The van der Waals surface area contributed by atoms with Gasteiger partial charge in [0.2, 0.25) is 0 Å². The number of hydrogen-bond donors (Lipinski definition) is 0. The first-order valence-electron chi connectivity index (χ1n) is 6.95. The third-order valence-electron chi connectivity index (χ3n) is 4.46. The van der Waals surface area contributed by atoms with Crippen molar-refractivity contribution in [3.63, 3.8) is 0 Å². The molecule has 0 spiro atoms. The van der Waals surface area contributed by atoms with Gasteiger partial charge in [0.15, 0.2) is 0 Å². The quantitative estimate of drug-likeness (QED) is 0.706. The molecule has 0 unspecified atom stereocenters. The molecule has 2 aliphatic carbocycles. The zero-order valence-electron chi connectivity index (χ0n) is 10.3. The first kappa shape index (κ1) is 10.8. The summed E-state index contributed by atoms with van der Waals surface area (Å²) in [5.41, 5.74) is 5.44. The fourth-order valence-corrected chi connectivity index (χ4v) is 3.65. The first-order valence-corrected chi connectivity index (χ1v) is 6.95. The van der Waals surface area contributed by atoms with Crippen molar-refractivity contribution < 1.29 is 0 Å². The van der Waals surface area contributed by atoms with Crippen LogP contribution in [0.1, 0.15) is 66.7 Å². The standard InChI is InChI=1S/C16H19N/c17-11-14-10-9-12-7-4-8-15(12)16(14)13-5-2-1-3-6-13/h9-10,13H,1-8H2. The van der Waals surface area contributed by atoms with E-state index in [1.165, 1.54) is 68.1 Å². The van der Waals surface area contributed by atoms with Gasteiger partial charge in [0.1, 0.15) is 0 Å². The second-order valence-corrected chi connectivity index (χ2v) is 5.46. The molecule has 1 nitrogen and oxygen atoms in total. The summed E-state index contributed by atoms with van der Waals surface area (Å²) in [5, 5.41) is 9.33. The average molecular weight is 225 g/mol. The van der Waals surface area contributed by atoms with E-state index in [1.54, 1.807) is 0 Å². The molecule has 0 heterocycles. The summed E-state index contributed by atoms with van der Waals surface area (Å²) in [6.07, 6.45) is 10.4. The van der Waals surface area contributed by atoms with Gasteiger partial charge < -0.3 is 0 Å². The van der Waals surface area contributed by atoms with Crippen molar-refractivity contribution in [2.45, 2.75) is 57.3 Å². The van der Waals surface area contributed by atoms with Crippen molar-refractivity contribution in [2.24, 2.45) is 0 Å². The Morgan fingerprint density at radius 3 is 2.59 bits per heavy atom. The maximum Gasteiger partial charge on any atom is 0.0994 e. The van der Waals surface area contributed by atoms with Crippen molar-refractivity contribution >= 4 is 0 Å². The molecule has 1 fully saturated rings. The summed E-state index contributed by atoms with van der Waals surface area (Å²) in [4.78, 5) is 0. The number of nitrogens with zero attached hydrogens (tertiary/aromatic N) is 1. The SMILES string of the molecule is N#Cc1ccc2c(c1C1CCCCC1)CCC2. The zero-order valence-corrected chi connectivity index (χ0v) is 10.3. The first-order chi connectivity index (χ1) is 8.40. The van der Waals surface area contributed by atoms with Gasteiger partial charge >= 0.3 is 0 Å². The van der Waals surface area contributed by atoms with E-state index in [0.29, 0.717) is 5.92 Å². The summed E-state index contributed by atoms with van der Waals surface area (Å²) in [5.74, 6) is 0.673. The number of fused-ring (bicyclic) bond motifs is 1. The van der Waals surface area contributed by atoms with Crippen molar-refractivity contribution in [2.75, 3.05) is 0 Å². The van der Waals surface area contributed by atoms with E-state index in [-0.39, 0.29) is 0 Å². The minimum absolute atomic E-state index is 0.673. The lowest BCUT2D eigenvalue weighted by Crippen LogP contribution is -2.09. The van der Waals surface area contributed by atoms with E-state index >= 15 is 0 Å². The number of rotatable bonds is 1. The van der Waals surface area contributed by atoms with Gasteiger partial charge in [-0.15, -0.1) is 0 Å². The maximum atomic E-state index is 9.33. The molecule has 1 aromatic rings. The maximum absolute atomic E-state index is 9.33. The fourth-order valence-electron chi connectivity index (χ4n) is 3.65. The molecule has 17 heavy (non-hydrogen) atoms. The summed E-state index contributed by atoms with van der Waals surface area (Å²) in [6, 6.07) is 6.67. The molecule has 0 aromatic heterocycles. The lowest BCUT2D eigenvalue weighted by Gasteiger charge is -2.25. The Morgan fingerprint density at radius 1 is 1.00 bits per heavy atom. The Morgan fingerprint density at radius 2 is 1.82 bits per heavy atom. The van der Waals surface area contributed by atoms with Gasteiger partial charge in [-0.3, -0.25) is 0 Å². The molecule has 0 amide bonds. The number of nitriles is 1. The highest BCUT2D eigenvalue weighted by molar-refractivity contribution is 5.50. The van der Waals surface area contributed by atoms with Crippen LogP contribution < -0.4 is 0 Å². The second kappa shape index (κ2) is 4.53. The summed E-state index contributed by atoms with van der Waals surface area (Å²) >= 11 is 0. The van der Waals surface area contributed by atoms with Crippen LogP contribution >= 0.6 is 0 Å². The largest absolute Gasteiger partial charge is 0.192 e. The van der Waals surface area contributed by atoms with Crippen LogP contribution in [0.4, 0.5) is 0 Å². The highest BCUT2D eigenvalue weighted by Gasteiger charge is 2.25. The predicted molar refractivity (Wildman–Crippen MR) is 69.0 cm³/mol. The molecule has 3 rings (SSSR count). The van der Waals surface area contributed by atoms with E-state index in [0.717, 1.165) is 5.56 Å². The molecule has 0 aliphatic heterocycles. The molecular formula is C16H19N. The van der Waals surface area contributed by atoms with Gasteiger partial charge in [-0.2, -0.15) is 5.26 Å². The van der Waals surface area contributed by atoms with Crippen LogP contribution in [0.2, 0.25) is 0 Å². The zero-order chi connectivity index (χ0) is 11.7. The monoisotopic (exact) mass is 225 g/mol. The Balaban J connectivity index is 2.06. The lowest BCUT2D eigenvalue weighted by molar-refractivity contribution is 0.441. The summed E-state index contributed by atoms with van der Waals surface area (Å²) in [6.45, 7) is 0. The normalized spacial score (nSPS) is 19.9. The molecule has 0 saturated heterocycles. The van der Waals surface area contributed by atoms with E-state index in [1.807, 2.05) is 0 Å². The van der Waals surface area contributed by atoms with Gasteiger partial charge in [-0.25, -0.2) is 0 Å². The van der Waals surface area contributed by atoms with Crippen LogP contribution in [0, 0.1) is 11.3 Å². The molecule has 0 atom stereocenters. The van der Waals surface area contributed by atoms with E-state index < -0.39 is 0 Å². The second-order valence-electron chi connectivity index (χ2n) is 5.46. The van der Waals surface area contributed by atoms with Crippen molar-refractivity contribution in [1.82, 2.24) is 0 Å². The van der Waals surface area contributed by atoms with Crippen LogP contribution in [0.5, 0.6) is 0 Å². The molecule has 1 saturated carbocycles. The van der Waals surface area contributed by atoms with Gasteiger partial charge in [-0.05, 0) is 60.8 Å². The Kier molecular flexibility index (Phi) is 2.89. The number of aryl methyl sites for hydroxylation is 1. The van der Waals surface area contributed by atoms with Crippen molar-refractivity contribution in [3.05, 3.63) is 34.4 Å². The fraction of sp³-hybridized carbons (Fsp3) is 0.562. The molecule has 1 aromatic carbocycles. The predicted octanol–water partition coefficient (Wildman–Crippen LogP) is 4.09. The highest BCUT2D eigenvalue weighted by Crippen LogP contribution is 2.39. The Labute approximate surface area is 103 Å². The minimum Gasteiger partial charge on any atom is -0.192 e. The minimum atomic E-state index is 0.673. The third kappa shape index (κ3) is 1.86. The third-order valence-corrected chi connectivity index (χ3v) is 4.46. The van der Waals surface area contributed by atoms with Crippen LogP contribution in [-0.2, 0) is 12.8 Å². The van der Waals surface area contributed by atoms with Crippen LogP contribution in [0.15, 0.2) is 12.1 Å². The van der Waals surface area contributed by atoms with Gasteiger partial charge in [0.25, 0.3) is 0 Å². The lowest BCUT2D eigenvalue weighted by atomic mass is 9.79. The highest BCUT2D eigenvalue weighted by atomic mass is 14.3. The van der Waals surface area contributed by atoms with E-state index in [9.17, 15) is 5.26 Å². The molecule has 1 heteroatoms. The smallest absolute Gasteiger partial charge is 0.0994 e. The molecule has 88 valence electrons. The van der Waals surface area contributed by atoms with Crippen molar-refractivity contribution in [3.8, 4) is 6.07 Å². The molecule has 0 bridgehead atoms. The number of benzene rings is 1. The topological polar surface area (TPSA) is 23.8 Å². The summed E-state index contributed by atoms with van der Waals surface area (Å²) < 4.78 is 0. The van der Waals surface area contributed by atoms with Crippen molar-refractivity contribution in [1.29, 1.82) is 5.26 Å². The van der Waals surface area contributed by atoms with E-state index in [4.69, 9.17) is 0 Å². The van der Waals surface area contributed by atoms with Gasteiger partial charge in [-0.1, -0.05) is 25.3 Å². The molecule has 0 N–H and O–H groups in total. The van der Waals surface area contributed by atoms with Crippen LogP contribution in [0.3, 0.4) is 0 Å². The van der Waals surface area contributed by atoms with Crippen LogP contribution in [-0.4, -0.2) is 0 Å². The Bertz CT molecular complexity index is 461. The van der Waals surface area contributed by atoms with Crippen LogP contribution in [0.25, 0.3) is 0 Å². The average Bonchev–Trinajstić information content (AvgIpc) is 2.86. The van der Waals surface area contributed by atoms with E-state index in [2.05, 4.69) is 18.2 Å². The number of hydrogen-bond acceptors (Lipinski definition) is 1. The molecule has 2 aliphatic rings. The molecular weight excluding hydrogens is 206 g/mol. The van der Waals surface area contributed by atoms with Gasteiger partial charge in [0.05, 0.1) is 11.6 Å². The molecule has 0 radical (unpaired) electrons. The Hall–Kier alpha value is -1.29. The summed E-state index contributed by atoms with van der Waals surface area (Å²) in [7, 11) is 0.